The van der Waals surface area contributed by atoms with Gasteiger partial charge in [-0.25, -0.2) is 0 Å². The zero-order chi connectivity index (χ0) is 18.1. The molecule has 0 atom stereocenters. The monoisotopic (exact) mass is 378 g/mol. The second-order valence-electron chi connectivity index (χ2n) is 7.11. The molecule has 1 aromatic rings. The Morgan fingerprint density at radius 1 is 1.04 bits per heavy atom. The molecular formula is C19H23ClN2O4. The van der Waals surface area contributed by atoms with Crippen LogP contribution < -0.4 is 9.47 Å². The van der Waals surface area contributed by atoms with Crippen LogP contribution in [0.2, 0.25) is 5.02 Å². The van der Waals surface area contributed by atoms with Gasteiger partial charge in [0.1, 0.15) is 0 Å². The van der Waals surface area contributed by atoms with Crippen LogP contribution >= 0.6 is 11.6 Å². The molecule has 7 heteroatoms. The Labute approximate surface area is 158 Å². The number of hydrogen-bond donors (Lipinski definition) is 0. The number of hydrogen-bond acceptors (Lipinski definition) is 4. The van der Waals surface area contributed by atoms with E-state index < -0.39 is 0 Å². The fraction of sp³-hybridized carbons (Fsp3) is 0.579. The average Bonchev–Trinajstić information content (AvgIpc) is 3.48. The van der Waals surface area contributed by atoms with Crippen molar-refractivity contribution in [3.63, 3.8) is 0 Å². The summed E-state index contributed by atoms with van der Waals surface area (Å²) in [6, 6.07) is 3.62. The van der Waals surface area contributed by atoms with E-state index in [2.05, 4.69) is 0 Å². The van der Waals surface area contributed by atoms with Crippen LogP contribution in [0.15, 0.2) is 12.1 Å². The summed E-state index contributed by atoms with van der Waals surface area (Å²) in [6.45, 7) is 3.60. The standard InChI is InChI=1S/C19H23ClN2O4/c20-15-10-13(11-16-18(15)26-9-1-8-25-16)12-17(23)21-4-6-22(7-5-21)19(24)14-2-3-14/h10-11,14H,1-9,12H2. The average molecular weight is 379 g/mol. The summed E-state index contributed by atoms with van der Waals surface area (Å²) in [4.78, 5) is 28.5. The number of fused-ring (bicyclic) bond motifs is 1. The number of carbonyl (C=O) groups excluding carboxylic acids is 2. The maximum absolute atomic E-state index is 12.6. The van der Waals surface area contributed by atoms with Crippen molar-refractivity contribution in [3.8, 4) is 11.5 Å². The number of carbonyl (C=O) groups is 2. The van der Waals surface area contributed by atoms with Gasteiger partial charge in [0.05, 0.1) is 24.7 Å². The van der Waals surface area contributed by atoms with Gasteiger partial charge >= 0.3 is 0 Å². The fourth-order valence-corrected chi connectivity index (χ4v) is 3.73. The fourth-order valence-electron chi connectivity index (χ4n) is 3.44. The summed E-state index contributed by atoms with van der Waals surface area (Å²) < 4.78 is 11.3. The number of rotatable bonds is 3. The molecule has 0 aromatic heterocycles. The van der Waals surface area contributed by atoms with E-state index in [0.717, 1.165) is 24.8 Å². The lowest BCUT2D eigenvalue weighted by atomic mass is 10.1. The molecule has 2 heterocycles. The second-order valence-corrected chi connectivity index (χ2v) is 7.52. The van der Waals surface area contributed by atoms with Crippen molar-refractivity contribution < 1.29 is 19.1 Å². The first-order chi connectivity index (χ1) is 12.6. The van der Waals surface area contributed by atoms with Crippen molar-refractivity contribution >= 4 is 23.4 Å². The molecule has 1 aromatic carbocycles. The minimum atomic E-state index is 0.0501. The maximum atomic E-state index is 12.6. The van der Waals surface area contributed by atoms with Crippen LogP contribution in [0, 0.1) is 5.92 Å². The second kappa shape index (κ2) is 7.35. The molecule has 1 saturated heterocycles. The molecule has 0 N–H and O–H groups in total. The van der Waals surface area contributed by atoms with Gasteiger partial charge in [0.2, 0.25) is 11.8 Å². The first kappa shape index (κ1) is 17.5. The lowest BCUT2D eigenvalue weighted by Gasteiger charge is -2.35. The first-order valence-corrected chi connectivity index (χ1v) is 9.64. The zero-order valence-corrected chi connectivity index (χ0v) is 15.5. The Balaban J connectivity index is 1.37. The summed E-state index contributed by atoms with van der Waals surface area (Å²) in [6.07, 6.45) is 3.11. The molecule has 2 aliphatic heterocycles. The van der Waals surface area contributed by atoms with E-state index in [1.807, 2.05) is 15.9 Å². The molecule has 0 radical (unpaired) electrons. The molecule has 140 valence electrons. The smallest absolute Gasteiger partial charge is 0.227 e. The van der Waals surface area contributed by atoms with Gasteiger partial charge in [-0.15, -0.1) is 0 Å². The van der Waals surface area contributed by atoms with Crippen molar-refractivity contribution in [1.82, 2.24) is 9.80 Å². The van der Waals surface area contributed by atoms with Crippen molar-refractivity contribution in [2.75, 3.05) is 39.4 Å². The van der Waals surface area contributed by atoms with Crippen molar-refractivity contribution in [1.29, 1.82) is 0 Å². The molecule has 3 aliphatic rings. The Morgan fingerprint density at radius 3 is 2.46 bits per heavy atom. The molecular weight excluding hydrogens is 356 g/mol. The molecule has 26 heavy (non-hydrogen) atoms. The van der Waals surface area contributed by atoms with E-state index in [0.29, 0.717) is 55.9 Å². The zero-order valence-electron chi connectivity index (χ0n) is 14.7. The Morgan fingerprint density at radius 2 is 1.73 bits per heavy atom. The number of halogens is 1. The first-order valence-electron chi connectivity index (χ1n) is 9.26. The summed E-state index contributed by atoms with van der Waals surface area (Å²) >= 11 is 6.30. The minimum Gasteiger partial charge on any atom is -0.489 e. The highest BCUT2D eigenvalue weighted by atomic mass is 35.5. The van der Waals surface area contributed by atoms with Crippen LogP contribution in [0.5, 0.6) is 11.5 Å². The van der Waals surface area contributed by atoms with E-state index >= 15 is 0 Å². The van der Waals surface area contributed by atoms with Gasteiger partial charge in [-0.2, -0.15) is 0 Å². The highest BCUT2D eigenvalue weighted by Gasteiger charge is 2.35. The van der Waals surface area contributed by atoms with Crippen molar-refractivity contribution in [2.45, 2.75) is 25.7 Å². The normalized spacial score (nSPS) is 19.9. The molecule has 0 bridgehead atoms. The number of nitrogens with zero attached hydrogens (tertiary/aromatic N) is 2. The Kier molecular flexibility index (Phi) is 4.94. The number of ether oxygens (including phenoxy) is 2. The van der Waals surface area contributed by atoms with Gasteiger partial charge in [-0.1, -0.05) is 11.6 Å². The van der Waals surface area contributed by atoms with E-state index in [1.165, 1.54) is 0 Å². The predicted octanol–water partition coefficient (Wildman–Crippen LogP) is 2.12. The summed E-state index contributed by atoms with van der Waals surface area (Å²) in [5, 5.41) is 0.479. The minimum absolute atomic E-state index is 0.0501. The number of amides is 2. The molecule has 0 spiro atoms. The molecule has 2 amide bonds. The van der Waals surface area contributed by atoms with E-state index in [4.69, 9.17) is 21.1 Å². The quantitative estimate of drug-likeness (QED) is 0.808. The lowest BCUT2D eigenvalue weighted by Crippen LogP contribution is -2.51. The van der Waals surface area contributed by atoms with Gasteiger partial charge in [0.15, 0.2) is 11.5 Å². The predicted molar refractivity (Wildman–Crippen MR) is 96.6 cm³/mol. The van der Waals surface area contributed by atoms with Gasteiger partial charge in [-0.3, -0.25) is 9.59 Å². The third kappa shape index (κ3) is 3.75. The van der Waals surface area contributed by atoms with E-state index in [9.17, 15) is 9.59 Å². The molecule has 0 unspecified atom stereocenters. The van der Waals surface area contributed by atoms with Crippen LogP contribution in [-0.4, -0.2) is 61.0 Å². The number of benzene rings is 1. The highest BCUT2D eigenvalue weighted by molar-refractivity contribution is 6.32. The van der Waals surface area contributed by atoms with Crippen LogP contribution in [0.4, 0.5) is 0 Å². The van der Waals surface area contributed by atoms with Crippen LogP contribution in [0.1, 0.15) is 24.8 Å². The lowest BCUT2D eigenvalue weighted by molar-refractivity contribution is -0.140. The van der Waals surface area contributed by atoms with Gasteiger partial charge < -0.3 is 19.3 Å². The van der Waals surface area contributed by atoms with Crippen molar-refractivity contribution in [2.24, 2.45) is 5.92 Å². The van der Waals surface area contributed by atoms with Crippen molar-refractivity contribution in [3.05, 3.63) is 22.7 Å². The molecule has 6 nitrogen and oxygen atoms in total. The summed E-state index contributed by atoms with van der Waals surface area (Å²) in [7, 11) is 0. The largest absolute Gasteiger partial charge is 0.489 e. The summed E-state index contributed by atoms with van der Waals surface area (Å²) in [5.41, 5.74) is 0.820. The Hall–Kier alpha value is -1.95. The highest BCUT2D eigenvalue weighted by Crippen LogP contribution is 2.38. The number of piperazine rings is 1. The van der Waals surface area contributed by atoms with Crippen LogP contribution in [-0.2, 0) is 16.0 Å². The summed E-state index contributed by atoms with van der Waals surface area (Å²) in [5.74, 6) is 1.72. The van der Waals surface area contributed by atoms with Gasteiger partial charge in [0.25, 0.3) is 0 Å². The molecule has 1 saturated carbocycles. The molecule has 4 rings (SSSR count). The van der Waals surface area contributed by atoms with Gasteiger partial charge in [0, 0.05) is 38.5 Å². The topological polar surface area (TPSA) is 59.1 Å². The third-order valence-corrected chi connectivity index (χ3v) is 5.37. The van der Waals surface area contributed by atoms with Crippen LogP contribution in [0.25, 0.3) is 0 Å². The van der Waals surface area contributed by atoms with Gasteiger partial charge in [-0.05, 0) is 30.5 Å². The Bertz CT molecular complexity index is 712. The van der Waals surface area contributed by atoms with E-state index in [1.54, 1.807) is 6.07 Å². The maximum Gasteiger partial charge on any atom is 0.227 e. The third-order valence-electron chi connectivity index (χ3n) is 5.09. The molecule has 2 fully saturated rings. The SMILES string of the molecule is O=C(Cc1cc(Cl)c2c(c1)OCCCO2)N1CCN(C(=O)C2CC2)CC1. The van der Waals surface area contributed by atoms with Crippen LogP contribution in [0.3, 0.4) is 0 Å². The molecule has 1 aliphatic carbocycles. The van der Waals surface area contributed by atoms with E-state index in [-0.39, 0.29) is 24.2 Å².